The molecule has 1 aromatic rings. The van der Waals surface area contributed by atoms with Crippen molar-refractivity contribution in [2.75, 3.05) is 0 Å². The second-order valence-electron chi connectivity index (χ2n) is 6.00. The van der Waals surface area contributed by atoms with Crippen molar-refractivity contribution in [3.8, 4) is 0 Å². The fraction of sp³-hybridized carbons (Fsp3) is 0.733. The second-order valence-corrected chi connectivity index (χ2v) is 7.77. The molecule has 1 saturated carbocycles. The summed E-state index contributed by atoms with van der Waals surface area (Å²) in [5, 5.41) is 3.90. The van der Waals surface area contributed by atoms with Gasteiger partial charge in [-0.25, -0.2) is 0 Å². The Morgan fingerprint density at radius 2 is 2.00 bits per heavy atom. The van der Waals surface area contributed by atoms with Crippen molar-refractivity contribution >= 4 is 22.9 Å². The van der Waals surface area contributed by atoms with Crippen molar-refractivity contribution in [1.82, 2.24) is 5.32 Å². The molecule has 1 atom stereocenters. The lowest BCUT2D eigenvalue weighted by atomic mass is 9.85. The molecule has 100 valence electrons. The van der Waals surface area contributed by atoms with Gasteiger partial charge in [-0.05, 0) is 62.5 Å². The molecule has 0 saturated heterocycles. The third-order valence-electron chi connectivity index (χ3n) is 4.54. The number of rotatable bonds is 2. The van der Waals surface area contributed by atoms with Crippen LogP contribution in [0, 0.1) is 5.92 Å². The van der Waals surface area contributed by atoms with E-state index in [1.807, 2.05) is 0 Å². The highest BCUT2D eigenvalue weighted by molar-refractivity contribution is 7.16. The maximum Gasteiger partial charge on any atom is 0.0934 e. The monoisotopic (exact) mass is 283 g/mol. The largest absolute Gasteiger partial charge is 0.307 e. The van der Waals surface area contributed by atoms with Crippen LogP contribution in [0.4, 0.5) is 0 Å². The molecule has 1 nitrogen and oxygen atoms in total. The predicted molar refractivity (Wildman–Crippen MR) is 79.6 cm³/mol. The van der Waals surface area contributed by atoms with Gasteiger partial charge < -0.3 is 5.32 Å². The SMILES string of the molecule is CC1CCC(NC2CCCc3sc(Cl)cc32)CC1. The molecule has 0 aliphatic heterocycles. The minimum atomic E-state index is 0.566. The number of hydrogen-bond acceptors (Lipinski definition) is 2. The molecule has 1 heterocycles. The van der Waals surface area contributed by atoms with Crippen molar-refractivity contribution in [1.29, 1.82) is 0 Å². The van der Waals surface area contributed by atoms with Crippen LogP contribution in [0.25, 0.3) is 0 Å². The fourth-order valence-corrected chi connectivity index (χ4v) is 4.79. The smallest absolute Gasteiger partial charge is 0.0934 e. The third-order valence-corrected chi connectivity index (χ3v) is 5.88. The van der Waals surface area contributed by atoms with Gasteiger partial charge in [0.15, 0.2) is 0 Å². The van der Waals surface area contributed by atoms with Crippen LogP contribution in [-0.4, -0.2) is 6.04 Å². The highest BCUT2D eigenvalue weighted by atomic mass is 35.5. The number of fused-ring (bicyclic) bond motifs is 1. The lowest BCUT2D eigenvalue weighted by Crippen LogP contribution is -2.36. The van der Waals surface area contributed by atoms with E-state index in [1.54, 1.807) is 11.3 Å². The van der Waals surface area contributed by atoms with Gasteiger partial charge in [-0.1, -0.05) is 18.5 Å². The first-order valence-corrected chi connectivity index (χ1v) is 8.46. The number of aryl methyl sites for hydroxylation is 1. The molecule has 1 aromatic heterocycles. The van der Waals surface area contributed by atoms with E-state index < -0.39 is 0 Å². The summed E-state index contributed by atoms with van der Waals surface area (Å²) in [5.74, 6) is 0.931. The molecule has 1 unspecified atom stereocenters. The number of thiophene rings is 1. The van der Waals surface area contributed by atoms with Crippen LogP contribution >= 0.6 is 22.9 Å². The number of hydrogen-bond donors (Lipinski definition) is 1. The van der Waals surface area contributed by atoms with Crippen LogP contribution in [0.15, 0.2) is 6.07 Å². The zero-order chi connectivity index (χ0) is 12.5. The molecule has 3 heteroatoms. The lowest BCUT2D eigenvalue weighted by molar-refractivity contribution is 0.278. The molecule has 1 fully saturated rings. The molecule has 0 spiro atoms. The van der Waals surface area contributed by atoms with Crippen LogP contribution in [0.2, 0.25) is 4.34 Å². The zero-order valence-corrected chi connectivity index (χ0v) is 12.6. The first-order valence-electron chi connectivity index (χ1n) is 7.26. The summed E-state index contributed by atoms with van der Waals surface area (Å²) in [4.78, 5) is 1.52. The Morgan fingerprint density at radius 3 is 2.78 bits per heavy atom. The van der Waals surface area contributed by atoms with Crippen LogP contribution in [0.1, 0.15) is 61.9 Å². The first kappa shape index (κ1) is 13.0. The quantitative estimate of drug-likeness (QED) is 0.810. The Morgan fingerprint density at radius 1 is 1.22 bits per heavy atom. The molecule has 0 aromatic carbocycles. The molecule has 2 aliphatic carbocycles. The van der Waals surface area contributed by atoms with Gasteiger partial charge in [0, 0.05) is 17.0 Å². The molecule has 0 amide bonds. The van der Waals surface area contributed by atoms with Gasteiger partial charge in [-0.2, -0.15) is 0 Å². The summed E-state index contributed by atoms with van der Waals surface area (Å²) >= 11 is 7.95. The van der Waals surface area contributed by atoms with Gasteiger partial charge in [0.05, 0.1) is 4.34 Å². The molecule has 2 aliphatic rings. The minimum absolute atomic E-state index is 0.566. The second kappa shape index (κ2) is 5.52. The summed E-state index contributed by atoms with van der Waals surface area (Å²) in [5.41, 5.74) is 1.50. The van der Waals surface area contributed by atoms with Crippen molar-refractivity contribution in [2.24, 2.45) is 5.92 Å². The standard InChI is InChI=1S/C15H22ClNS/c1-10-5-7-11(8-6-10)17-13-3-2-4-14-12(13)9-15(16)18-14/h9-11,13,17H,2-8H2,1H3. The number of halogens is 1. The van der Waals surface area contributed by atoms with Crippen LogP contribution < -0.4 is 5.32 Å². The fourth-order valence-electron chi connectivity index (χ4n) is 3.41. The van der Waals surface area contributed by atoms with Crippen molar-refractivity contribution in [3.05, 3.63) is 20.8 Å². The summed E-state index contributed by atoms with van der Waals surface area (Å²) in [6.07, 6.45) is 9.31. The lowest BCUT2D eigenvalue weighted by Gasteiger charge is -2.32. The molecule has 18 heavy (non-hydrogen) atoms. The summed E-state index contributed by atoms with van der Waals surface area (Å²) in [6, 6.07) is 3.50. The van der Waals surface area contributed by atoms with E-state index in [1.165, 1.54) is 55.4 Å². The third kappa shape index (κ3) is 2.76. The van der Waals surface area contributed by atoms with Crippen molar-refractivity contribution in [2.45, 2.75) is 64.0 Å². The van der Waals surface area contributed by atoms with Gasteiger partial charge in [0.1, 0.15) is 0 Å². The maximum absolute atomic E-state index is 6.17. The van der Waals surface area contributed by atoms with E-state index in [0.29, 0.717) is 6.04 Å². The Balaban J connectivity index is 1.67. The molecular weight excluding hydrogens is 262 g/mol. The topological polar surface area (TPSA) is 12.0 Å². The average Bonchev–Trinajstić information content (AvgIpc) is 2.73. The Kier molecular flexibility index (Phi) is 3.97. The Bertz CT molecular complexity index is 407. The summed E-state index contributed by atoms with van der Waals surface area (Å²) < 4.78 is 0.964. The maximum atomic E-state index is 6.17. The Labute approximate surface area is 119 Å². The zero-order valence-electron chi connectivity index (χ0n) is 11.0. The van der Waals surface area contributed by atoms with E-state index >= 15 is 0 Å². The van der Waals surface area contributed by atoms with Crippen LogP contribution in [0.5, 0.6) is 0 Å². The normalized spacial score (nSPS) is 32.2. The van der Waals surface area contributed by atoms with Gasteiger partial charge in [0.25, 0.3) is 0 Å². The van der Waals surface area contributed by atoms with Crippen molar-refractivity contribution < 1.29 is 0 Å². The van der Waals surface area contributed by atoms with E-state index in [4.69, 9.17) is 11.6 Å². The van der Waals surface area contributed by atoms with E-state index in [9.17, 15) is 0 Å². The summed E-state index contributed by atoms with van der Waals surface area (Å²) in [7, 11) is 0. The Hall–Kier alpha value is -0.0500. The highest BCUT2D eigenvalue weighted by Crippen LogP contribution is 2.38. The highest BCUT2D eigenvalue weighted by Gasteiger charge is 2.26. The molecule has 0 bridgehead atoms. The first-order chi connectivity index (χ1) is 8.72. The van der Waals surface area contributed by atoms with Gasteiger partial charge in [0.2, 0.25) is 0 Å². The van der Waals surface area contributed by atoms with Gasteiger partial charge in [-0.3, -0.25) is 0 Å². The molecular formula is C15H22ClNS. The van der Waals surface area contributed by atoms with E-state index in [2.05, 4.69) is 18.3 Å². The van der Waals surface area contributed by atoms with E-state index in [-0.39, 0.29) is 0 Å². The predicted octanol–water partition coefficient (Wildman–Crippen LogP) is 4.95. The van der Waals surface area contributed by atoms with Gasteiger partial charge >= 0.3 is 0 Å². The number of nitrogens with one attached hydrogen (secondary N) is 1. The van der Waals surface area contributed by atoms with Crippen LogP contribution in [-0.2, 0) is 6.42 Å². The molecule has 3 rings (SSSR count). The summed E-state index contributed by atoms with van der Waals surface area (Å²) in [6.45, 7) is 2.38. The van der Waals surface area contributed by atoms with Crippen molar-refractivity contribution in [3.63, 3.8) is 0 Å². The minimum Gasteiger partial charge on any atom is -0.307 e. The van der Waals surface area contributed by atoms with Crippen LogP contribution in [0.3, 0.4) is 0 Å². The molecule has 1 N–H and O–H groups in total. The molecule has 0 radical (unpaired) electrons. The average molecular weight is 284 g/mol. The van der Waals surface area contributed by atoms with Gasteiger partial charge in [-0.15, -0.1) is 11.3 Å². The van der Waals surface area contributed by atoms with E-state index in [0.717, 1.165) is 16.3 Å².